The van der Waals surface area contributed by atoms with Gasteiger partial charge >= 0.3 is 75.0 Å². The van der Waals surface area contributed by atoms with Gasteiger partial charge in [-0.05, 0) is 0 Å². The Morgan fingerprint density at radius 2 is 1.43 bits per heavy atom. The van der Waals surface area contributed by atoms with Gasteiger partial charge < -0.3 is 15.3 Å². The van der Waals surface area contributed by atoms with Crippen molar-refractivity contribution in [3.63, 3.8) is 0 Å². The third kappa shape index (κ3) is 124. The summed E-state index contributed by atoms with van der Waals surface area (Å²) in [5.41, 5.74) is 0. The minimum atomic E-state index is -1.83. The van der Waals surface area contributed by atoms with Crippen LogP contribution in [0.15, 0.2) is 0 Å². The van der Waals surface area contributed by atoms with E-state index >= 15 is 0 Å². The SMILES string of the molecule is C[O-].O=C(O)O.[Cs+]. The van der Waals surface area contributed by atoms with Gasteiger partial charge in [0.05, 0.1) is 0 Å². The van der Waals surface area contributed by atoms with Gasteiger partial charge in [-0.25, -0.2) is 4.79 Å². The van der Waals surface area contributed by atoms with Crippen LogP contribution in [0.3, 0.4) is 0 Å². The molecule has 0 saturated heterocycles. The van der Waals surface area contributed by atoms with E-state index in [1.54, 1.807) is 0 Å². The summed E-state index contributed by atoms with van der Waals surface area (Å²) in [4.78, 5) is 8.56. The van der Waals surface area contributed by atoms with Crippen molar-refractivity contribution >= 4 is 6.16 Å². The van der Waals surface area contributed by atoms with Gasteiger partial charge in [0.1, 0.15) is 0 Å². The standard InChI is InChI=1S/CH2O3.CH3O.Cs/c2-1(3)4;1-2;/h(H2,2,3,4);1H3;/q;-1;+1. The summed E-state index contributed by atoms with van der Waals surface area (Å²) >= 11 is 0. The van der Waals surface area contributed by atoms with E-state index in [0.717, 1.165) is 7.11 Å². The molecule has 0 saturated carbocycles. The molecule has 0 bridgehead atoms. The van der Waals surface area contributed by atoms with Crippen LogP contribution in [0.2, 0.25) is 0 Å². The molecule has 0 fully saturated rings. The molecule has 0 spiro atoms. The van der Waals surface area contributed by atoms with Crippen molar-refractivity contribution in [3.8, 4) is 0 Å². The molecule has 2 N–H and O–H groups in total. The van der Waals surface area contributed by atoms with Crippen molar-refractivity contribution in [2.24, 2.45) is 0 Å². The van der Waals surface area contributed by atoms with Crippen LogP contribution in [0.5, 0.6) is 0 Å². The van der Waals surface area contributed by atoms with E-state index in [-0.39, 0.29) is 68.9 Å². The molecule has 0 aliphatic heterocycles. The molecule has 0 rings (SSSR count). The van der Waals surface area contributed by atoms with Crippen molar-refractivity contribution in [1.82, 2.24) is 0 Å². The van der Waals surface area contributed by atoms with Crippen LogP contribution in [-0.2, 0) is 0 Å². The van der Waals surface area contributed by atoms with Gasteiger partial charge in [0.2, 0.25) is 0 Å². The molecule has 0 atom stereocenters. The van der Waals surface area contributed by atoms with Gasteiger partial charge in [-0.3, -0.25) is 0 Å². The molecular weight excluding hydrogens is 221 g/mol. The second kappa shape index (κ2) is 15.7. The fourth-order valence-electron chi connectivity index (χ4n) is 0. The quantitative estimate of drug-likeness (QED) is 0.444. The number of hydrogen-bond acceptors (Lipinski definition) is 2. The third-order valence-electron chi connectivity index (χ3n) is 0. The molecule has 0 radical (unpaired) electrons. The van der Waals surface area contributed by atoms with Crippen LogP contribution in [0.25, 0.3) is 0 Å². The maximum Gasteiger partial charge on any atom is 1.00 e. The minimum absolute atomic E-state index is 0. The normalized spacial score (nSPS) is 4.29. The monoisotopic (exact) mass is 226 g/mol. The molecule has 0 heterocycles. The Morgan fingerprint density at radius 3 is 1.43 bits per heavy atom. The molecule has 0 aromatic rings. The molecule has 5 heteroatoms. The first kappa shape index (κ1) is 15.7. The number of hydrogen-bond donors (Lipinski definition) is 2. The summed E-state index contributed by atoms with van der Waals surface area (Å²) in [7, 11) is 0.750. The van der Waals surface area contributed by atoms with Crippen LogP contribution in [0.4, 0.5) is 4.79 Å². The van der Waals surface area contributed by atoms with E-state index in [4.69, 9.17) is 20.1 Å². The average molecular weight is 226 g/mol. The van der Waals surface area contributed by atoms with Gasteiger partial charge in [0.15, 0.2) is 0 Å². The summed E-state index contributed by atoms with van der Waals surface area (Å²) in [6, 6.07) is 0. The average Bonchev–Trinajstić information content (AvgIpc) is 1.41. The fraction of sp³-hybridized carbons (Fsp3) is 0.500. The van der Waals surface area contributed by atoms with Crippen molar-refractivity contribution < 1.29 is 89.0 Å². The summed E-state index contributed by atoms with van der Waals surface area (Å²) in [6.07, 6.45) is -1.83. The molecule has 0 aliphatic carbocycles. The topological polar surface area (TPSA) is 80.6 Å². The first-order chi connectivity index (χ1) is 2.73. The van der Waals surface area contributed by atoms with E-state index in [1.165, 1.54) is 0 Å². The Kier molecular flexibility index (Phi) is 35.2. The van der Waals surface area contributed by atoms with E-state index in [1.807, 2.05) is 0 Å². The predicted molar refractivity (Wildman–Crippen MR) is 16.6 cm³/mol. The molecule has 0 aromatic carbocycles. The van der Waals surface area contributed by atoms with Gasteiger partial charge in [0.25, 0.3) is 0 Å². The summed E-state index contributed by atoms with van der Waals surface area (Å²) < 4.78 is 0. The maximum absolute atomic E-state index is 8.56. The first-order valence-electron chi connectivity index (χ1n) is 1.06. The van der Waals surface area contributed by atoms with Crippen LogP contribution in [0.1, 0.15) is 0 Å². The molecule has 0 amide bonds. The molecule has 38 valence electrons. The van der Waals surface area contributed by atoms with Gasteiger partial charge in [0, 0.05) is 0 Å². The first-order valence-corrected chi connectivity index (χ1v) is 1.06. The van der Waals surface area contributed by atoms with E-state index in [2.05, 4.69) is 0 Å². The zero-order chi connectivity index (χ0) is 5.58. The van der Waals surface area contributed by atoms with Crippen LogP contribution in [-0.4, -0.2) is 23.5 Å². The fourth-order valence-corrected chi connectivity index (χ4v) is 0. The summed E-state index contributed by atoms with van der Waals surface area (Å²) in [5, 5.41) is 22.2. The van der Waals surface area contributed by atoms with Gasteiger partial charge in [-0.2, -0.15) is 7.11 Å². The number of carbonyl (C=O) groups is 1. The summed E-state index contributed by atoms with van der Waals surface area (Å²) in [6.45, 7) is 0. The Bertz CT molecular complexity index is 32.7. The second-order valence-electron chi connectivity index (χ2n) is 0.283. The van der Waals surface area contributed by atoms with Gasteiger partial charge in [-0.1, -0.05) is 0 Å². The van der Waals surface area contributed by atoms with E-state index in [0.29, 0.717) is 0 Å². The van der Waals surface area contributed by atoms with Crippen molar-refractivity contribution in [2.45, 2.75) is 0 Å². The summed E-state index contributed by atoms with van der Waals surface area (Å²) in [5.74, 6) is 0. The Hall–Kier alpha value is 1.28. The predicted octanol–water partition coefficient (Wildman–Crippen LogP) is -3.80. The minimum Gasteiger partial charge on any atom is -0.857 e. The van der Waals surface area contributed by atoms with Crippen molar-refractivity contribution in [1.29, 1.82) is 0 Å². The number of rotatable bonds is 0. The maximum atomic E-state index is 8.56. The molecule has 4 nitrogen and oxygen atoms in total. The zero-order valence-electron chi connectivity index (χ0n) is 4.21. The molecular formula is C2H5CsO4. The third-order valence-corrected chi connectivity index (χ3v) is 0. The smallest absolute Gasteiger partial charge is 0.857 e. The van der Waals surface area contributed by atoms with Crippen molar-refractivity contribution in [2.75, 3.05) is 7.11 Å². The Labute approximate surface area is 100.0 Å². The molecule has 0 unspecified atom stereocenters. The number of carboxylic acid groups (broad SMARTS) is 2. The molecule has 7 heavy (non-hydrogen) atoms. The van der Waals surface area contributed by atoms with Crippen LogP contribution < -0.4 is 74.0 Å². The Morgan fingerprint density at radius 1 is 1.43 bits per heavy atom. The van der Waals surface area contributed by atoms with E-state index < -0.39 is 6.16 Å². The van der Waals surface area contributed by atoms with Crippen LogP contribution >= 0.6 is 0 Å². The largest absolute Gasteiger partial charge is 1.00 e. The Balaban J connectivity index is -0.0000000480. The van der Waals surface area contributed by atoms with E-state index in [9.17, 15) is 0 Å². The zero-order valence-corrected chi connectivity index (χ0v) is 10.5. The van der Waals surface area contributed by atoms with Gasteiger partial charge in [-0.15, -0.1) is 0 Å². The van der Waals surface area contributed by atoms with Crippen molar-refractivity contribution in [3.05, 3.63) is 0 Å². The molecule has 0 aliphatic rings. The second-order valence-corrected chi connectivity index (χ2v) is 0.283. The van der Waals surface area contributed by atoms with Crippen LogP contribution in [0, 0.1) is 0 Å². The molecule has 0 aromatic heterocycles.